The zero-order valence-electron chi connectivity index (χ0n) is 7.80. The number of ether oxygens (including phenoxy) is 1. The number of nitrogens with zero attached hydrogens (tertiary/aromatic N) is 2. The first-order valence-corrected chi connectivity index (χ1v) is 4.36. The van der Waals surface area contributed by atoms with E-state index >= 15 is 0 Å². The van der Waals surface area contributed by atoms with E-state index < -0.39 is 12.0 Å². The van der Waals surface area contributed by atoms with Crippen LogP contribution in [-0.2, 0) is 6.42 Å². The number of nitriles is 1. The van der Waals surface area contributed by atoms with Crippen molar-refractivity contribution in [3.63, 3.8) is 0 Å². The molecule has 0 bridgehead atoms. The first kappa shape index (κ1) is 11.7. The monoisotopic (exact) mass is 232 g/mol. The fraction of sp³-hybridized carbons (Fsp3) is 0.333. The molecule has 80 valence electrons. The molecular weight excluding hydrogens is 226 g/mol. The van der Waals surface area contributed by atoms with E-state index in [1.54, 1.807) is 6.07 Å². The molecule has 0 spiro atoms. The summed E-state index contributed by atoms with van der Waals surface area (Å²) in [5, 5.41) is 8.46. The Labute approximate surface area is 90.3 Å². The van der Waals surface area contributed by atoms with Crippen molar-refractivity contribution in [2.24, 2.45) is 0 Å². The van der Waals surface area contributed by atoms with Gasteiger partial charge in [0.15, 0.2) is 0 Å². The van der Waals surface area contributed by atoms with Crippen LogP contribution in [0, 0.1) is 11.3 Å². The zero-order chi connectivity index (χ0) is 11.4. The fourth-order valence-corrected chi connectivity index (χ4v) is 1.40. The molecule has 0 atom stereocenters. The second-order valence-corrected chi connectivity index (χ2v) is 3.04. The summed E-state index contributed by atoms with van der Waals surface area (Å²) in [7, 11) is 1.24. The van der Waals surface area contributed by atoms with Crippen LogP contribution >= 0.6 is 11.6 Å². The highest BCUT2D eigenvalue weighted by Crippen LogP contribution is 2.36. The summed E-state index contributed by atoms with van der Waals surface area (Å²) in [6, 6.07) is 1.76. The lowest BCUT2D eigenvalue weighted by Gasteiger charge is -2.11. The van der Waals surface area contributed by atoms with Crippen LogP contribution in [0.1, 0.15) is 17.7 Å². The molecule has 0 amide bonds. The second-order valence-electron chi connectivity index (χ2n) is 2.64. The predicted octanol–water partition coefficient (Wildman–Crippen LogP) is 2.75. The molecule has 0 saturated heterocycles. The summed E-state index contributed by atoms with van der Waals surface area (Å²) < 4.78 is 30.1. The lowest BCUT2D eigenvalue weighted by molar-refractivity contribution is 0.145. The van der Waals surface area contributed by atoms with Gasteiger partial charge in [-0.1, -0.05) is 11.6 Å². The fourth-order valence-electron chi connectivity index (χ4n) is 1.17. The highest BCUT2D eigenvalue weighted by molar-refractivity contribution is 6.32. The molecule has 0 aliphatic carbocycles. The average Bonchev–Trinajstić information content (AvgIpc) is 2.20. The van der Waals surface area contributed by atoms with Crippen LogP contribution in [-0.4, -0.2) is 12.1 Å². The Morgan fingerprint density at radius 1 is 1.67 bits per heavy atom. The van der Waals surface area contributed by atoms with Gasteiger partial charge >= 0.3 is 0 Å². The van der Waals surface area contributed by atoms with Crippen molar-refractivity contribution in [3.8, 4) is 11.8 Å². The Bertz CT molecular complexity index is 404. The molecule has 0 unspecified atom stereocenters. The van der Waals surface area contributed by atoms with E-state index in [0.717, 1.165) is 0 Å². The molecular formula is C9H7ClF2N2O. The summed E-state index contributed by atoms with van der Waals surface area (Å²) in [5.74, 6) is -0.119. The van der Waals surface area contributed by atoms with E-state index in [4.69, 9.17) is 21.6 Å². The highest BCUT2D eigenvalue weighted by Gasteiger charge is 2.22. The molecule has 1 rings (SSSR count). The standard InChI is InChI=1S/C9H7ClF2N2O/c1-15-8-5(10)4-14-6(2-3-13)7(8)9(11)12/h4,9H,2H2,1H3. The molecule has 3 nitrogen and oxygen atoms in total. The molecule has 15 heavy (non-hydrogen) atoms. The van der Waals surface area contributed by atoms with Gasteiger partial charge in [-0.3, -0.25) is 4.98 Å². The lowest BCUT2D eigenvalue weighted by atomic mass is 10.1. The van der Waals surface area contributed by atoms with Gasteiger partial charge < -0.3 is 4.74 Å². The summed E-state index contributed by atoms with van der Waals surface area (Å²) in [4.78, 5) is 3.68. The number of hydrogen-bond donors (Lipinski definition) is 0. The maximum atomic E-state index is 12.7. The first-order chi connectivity index (χ1) is 7.11. The molecule has 1 heterocycles. The highest BCUT2D eigenvalue weighted by atomic mass is 35.5. The van der Waals surface area contributed by atoms with Crippen molar-refractivity contribution in [3.05, 3.63) is 22.5 Å². The van der Waals surface area contributed by atoms with Crippen molar-refractivity contribution >= 4 is 11.6 Å². The minimum atomic E-state index is -2.77. The molecule has 6 heteroatoms. The largest absolute Gasteiger partial charge is 0.495 e. The number of pyridine rings is 1. The van der Waals surface area contributed by atoms with Crippen molar-refractivity contribution in [2.45, 2.75) is 12.8 Å². The maximum Gasteiger partial charge on any atom is 0.269 e. The molecule has 0 N–H and O–H groups in total. The molecule has 0 saturated carbocycles. The van der Waals surface area contributed by atoms with Gasteiger partial charge in [-0.2, -0.15) is 5.26 Å². The molecule has 0 radical (unpaired) electrons. The Hall–Kier alpha value is -1.41. The summed E-state index contributed by atoms with van der Waals surface area (Å²) in [5.41, 5.74) is -0.416. The van der Waals surface area contributed by atoms with Crippen molar-refractivity contribution in [1.82, 2.24) is 4.98 Å². The molecule has 0 aromatic carbocycles. The van der Waals surface area contributed by atoms with E-state index in [1.165, 1.54) is 13.3 Å². The Kier molecular flexibility index (Phi) is 3.81. The smallest absolute Gasteiger partial charge is 0.269 e. The van der Waals surface area contributed by atoms with Crippen LogP contribution in [0.2, 0.25) is 5.02 Å². The molecule has 0 aliphatic heterocycles. The molecule has 1 aromatic rings. The minimum absolute atomic E-state index is 0.00579. The van der Waals surface area contributed by atoms with Crippen LogP contribution in [0.25, 0.3) is 0 Å². The van der Waals surface area contributed by atoms with Gasteiger partial charge in [0.05, 0.1) is 30.9 Å². The van der Waals surface area contributed by atoms with Gasteiger partial charge in [-0.25, -0.2) is 8.78 Å². The van der Waals surface area contributed by atoms with Crippen LogP contribution in [0.3, 0.4) is 0 Å². The molecule has 1 aromatic heterocycles. The topological polar surface area (TPSA) is 45.9 Å². The number of methoxy groups -OCH3 is 1. The van der Waals surface area contributed by atoms with E-state index in [0.29, 0.717) is 0 Å². The van der Waals surface area contributed by atoms with Crippen LogP contribution in [0.5, 0.6) is 5.75 Å². The van der Waals surface area contributed by atoms with Gasteiger partial charge in [-0.15, -0.1) is 0 Å². The number of rotatable bonds is 3. The Morgan fingerprint density at radius 3 is 2.80 bits per heavy atom. The van der Waals surface area contributed by atoms with Crippen LogP contribution in [0.4, 0.5) is 8.78 Å². The average molecular weight is 233 g/mol. The normalized spacial score (nSPS) is 10.1. The van der Waals surface area contributed by atoms with E-state index in [2.05, 4.69) is 4.98 Å². The summed E-state index contributed by atoms with van der Waals surface area (Å²) in [6.07, 6.45) is -1.78. The zero-order valence-corrected chi connectivity index (χ0v) is 8.55. The minimum Gasteiger partial charge on any atom is -0.495 e. The Morgan fingerprint density at radius 2 is 2.33 bits per heavy atom. The Balaban J connectivity index is 3.36. The summed E-state index contributed by atoms with van der Waals surface area (Å²) in [6.45, 7) is 0. The van der Waals surface area contributed by atoms with Crippen molar-refractivity contribution < 1.29 is 13.5 Å². The van der Waals surface area contributed by atoms with Crippen molar-refractivity contribution in [1.29, 1.82) is 5.26 Å². The number of aromatic nitrogens is 1. The van der Waals surface area contributed by atoms with Gasteiger partial charge in [0, 0.05) is 6.20 Å². The summed E-state index contributed by atoms with van der Waals surface area (Å²) >= 11 is 5.64. The van der Waals surface area contributed by atoms with Crippen LogP contribution in [0.15, 0.2) is 6.20 Å². The number of alkyl halides is 2. The molecule has 0 fully saturated rings. The SMILES string of the molecule is COc1c(Cl)cnc(CC#N)c1C(F)F. The quantitative estimate of drug-likeness (QED) is 0.805. The molecule has 0 aliphatic rings. The maximum absolute atomic E-state index is 12.7. The van der Waals surface area contributed by atoms with Gasteiger partial charge in [0.25, 0.3) is 6.43 Å². The third-order valence-electron chi connectivity index (χ3n) is 1.78. The van der Waals surface area contributed by atoms with E-state index in [9.17, 15) is 8.78 Å². The first-order valence-electron chi connectivity index (χ1n) is 3.98. The third kappa shape index (κ3) is 2.34. The van der Waals surface area contributed by atoms with Crippen LogP contribution < -0.4 is 4.74 Å². The van der Waals surface area contributed by atoms with Gasteiger partial charge in [-0.05, 0) is 0 Å². The second kappa shape index (κ2) is 4.89. The van der Waals surface area contributed by atoms with E-state index in [-0.39, 0.29) is 22.9 Å². The number of hydrogen-bond acceptors (Lipinski definition) is 3. The van der Waals surface area contributed by atoms with E-state index in [1.807, 2.05) is 0 Å². The van der Waals surface area contributed by atoms with Gasteiger partial charge in [0.1, 0.15) is 10.8 Å². The van der Waals surface area contributed by atoms with Gasteiger partial charge in [0.2, 0.25) is 0 Å². The predicted molar refractivity (Wildman–Crippen MR) is 50.1 cm³/mol. The van der Waals surface area contributed by atoms with Crippen molar-refractivity contribution in [2.75, 3.05) is 7.11 Å². The number of halogens is 3. The lowest BCUT2D eigenvalue weighted by Crippen LogP contribution is -2.02. The third-order valence-corrected chi connectivity index (χ3v) is 2.04.